The molecule has 2 amide bonds. The van der Waals surface area contributed by atoms with Crippen LogP contribution in [0.2, 0.25) is 0 Å². The van der Waals surface area contributed by atoms with Gasteiger partial charge in [-0.05, 0) is 25.0 Å². The van der Waals surface area contributed by atoms with Gasteiger partial charge in [0.2, 0.25) is 0 Å². The van der Waals surface area contributed by atoms with E-state index in [0.29, 0.717) is 42.2 Å². The number of carbonyl (C=O) groups excluding carboxylic acids is 2. The second-order valence-corrected chi connectivity index (χ2v) is 7.92. The molecule has 0 saturated carbocycles. The van der Waals surface area contributed by atoms with Crippen molar-refractivity contribution in [2.24, 2.45) is 0 Å². The molecule has 10 nitrogen and oxygen atoms in total. The largest absolute Gasteiger partial charge is 0.490 e. The fraction of sp³-hybridized carbons (Fsp3) is 0.368. The summed E-state index contributed by atoms with van der Waals surface area (Å²) in [7, 11) is 1.37. The van der Waals surface area contributed by atoms with Crippen molar-refractivity contribution in [1.29, 1.82) is 0 Å². The average Bonchev–Trinajstić information content (AvgIpc) is 3.11. The summed E-state index contributed by atoms with van der Waals surface area (Å²) in [4.78, 5) is 38.2. The van der Waals surface area contributed by atoms with Gasteiger partial charge in [-0.25, -0.2) is 4.79 Å². The van der Waals surface area contributed by atoms with E-state index in [-0.39, 0.29) is 23.4 Å². The van der Waals surface area contributed by atoms with Crippen LogP contribution in [0.15, 0.2) is 18.2 Å². The van der Waals surface area contributed by atoms with Crippen molar-refractivity contribution in [2.75, 3.05) is 25.6 Å². The smallest absolute Gasteiger partial charge is 0.410 e. The molecule has 158 valence electrons. The molecule has 11 heteroatoms. The summed E-state index contributed by atoms with van der Waals surface area (Å²) < 4.78 is 10.1. The van der Waals surface area contributed by atoms with Crippen molar-refractivity contribution in [2.45, 2.75) is 26.1 Å². The third-order valence-electron chi connectivity index (χ3n) is 5.09. The van der Waals surface area contributed by atoms with Crippen LogP contribution in [0, 0.1) is 10.1 Å². The van der Waals surface area contributed by atoms with Crippen LogP contribution in [0.5, 0.6) is 5.75 Å². The van der Waals surface area contributed by atoms with E-state index in [1.54, 1.807) is 17.9 Å². The number of nitrogens with one attached hydrogen (secondary N) is 2. The van der Waals surface area contributed by atoms with Crippen LogP contribution in [-0.2, 0) is 17.7 Å². The summed E-state index contributed by atoms with van der Waals surface area (Å²) in [6.07, 6.45) is -0.417. The first-order chi connectivity index (χ1) is 14.4. The highest BCUT2D eigenvalue weighted by molar-refractivity contribution is 7.16. The van der Waals surface area contributed by atoms with Gasteiger partial charge in [0.15, 0.2) is 5.75 Å². The average molecular weight is 432 g/mol. The zero-order valence-corrected chi connectivity index (χ0v) is 17.2. The molecule has 1 atom stereocenters. The number of nitro benzene ring substituents is 1. The number of anilines is 1. The molecular weight excluding hydrogens is 412 g/mol. The number of hydrogen-bond acceptors (Lipinski definition) is 8. The number of methoxy groups -OCH3 is 1. The molecule has 0 radical (unpaired) electrons. The molecule has 30 heavy (non-hydrogen) atoms. The van der Waals surface area contributed by atoms with Crippen molar-refractivity contribution in [3.8, 4) is 5.75 Å². The van der Waals surface area contributed by atoms with Gasteiger partial charge in [0, 0.05) is 23.1 Å². The number of thiophene rings is 1. The summed E-state index contributed by atoms with van der Waals surface area (Å²) in [5.74, 6) is -0.0912. The lowest BCUT2D eigenvalue weighted by Crippen LogP contribution is -2.39. The van der Waals surface area contributed by atoms with Crippen LogP contribution in [-0.4, -0.2) is 42.1 Å². The first-order valence-electron chi connectivity index (χ1n) is 9.38. The third kappa shape index (κ3) is 3.41. The van der Waals surface area contributed by atoms with Gasteiger partial charge in [0.25, 0.3) is 5.91 Å². The van der Waals surface area contributed by atoms with Gasteiger partial charge in [-0.1, -0.05) is 6.07 Å². The Bertz CT molecular complexity index is 1040. The lowest BCUT2D eigenvalue weighted by atomic mass is 10.0. The van der Waals surface area contributed by atoms with E-state index in [1.165, 1.54) is 30.6 Å². The molecule has 1 aromatic heterocycles. The predicted octanol–water partition coefficient (Wildman–Crippen LogP) is 3.03. The first kappa shape index (κ1) is 20.0. The summed E-state index contributed by atoms with van der Waals surface area (Å²) in [6, 6.07) is 4.57. The fourth-order valence-electron chi connectivity index (χ4n) is 3.68. The molecule has 2 N–H and O–H groups in total. The minimum Gasteiger partial charge on any atom is -0.490 e. The van der Waals surface area contributed by atoms with Crippen LogP contribution >= 0.6 is 11.3 Å². The van der Waals surface area contributed by atoms with E-state index >= 15 is 0 Å². The number of nitrogens with zero attached hydrogens (tertiary/aromatic N) is 2. The topological polar surface area (TPSA) is 123 Å². The highest BCUT2D eigenvalue weighted by Gasteiger charge is 2.35. The maximum absolute atomic E-state index is 12.9. The number of carbonyl (C=O) groups is 2. The number of amides is 2. The molecule has 0 spiro atoms. The summed E-state index contributed by atoms with van der Waals surface area (Å²) in [5, 5.41) is 18.1. The van der Waals surface area contributed by atoms with Crippen LogP contribution < -0.4 is 15.4 Å². The van der Waals surface area contributed by atoms with E-state index in [1.807, 2.05) is 0 Å². The Morgan fingerprint density at radius 2 is 2.20 bits per heavy atom. The maximum atomic E-state index is 12.9. The van der Waals surface area contributed by atoms with Crippen LogP contribution in [0.25, 0.3) is 0 Å². The van der Waals surface area contributed by atoms with Crippen molar-refractivity contribution in [3.05, 3.63) is 49.9 Å². The summed E-state index contributed by atoms with van der Waals surface area (Å²) in [5.41, 5.74) is 1.88. The van der Waals surface area contributed by atoms with Gasteiger partial charge in [-0.2, -0.15) is 0 Å². The van der Waals surface area contributed by atoms with Gasteiger partial charge in [0.05, 0.1) is 30.7 Å². The number of rotatable bonds is 4. The Morgan fingerprint density at radius 1 is 1.40 bits per heavy atom. The van der Waals surface area contributed by atoms with Gasteiger partial charge >= 0.3 is 11.8 Å². The maximum Gasteiger partial charge on any atom is 0.410 e. The SMILES string of the molecule is CCOC(=O)N1CCc2c(sc3c2C(=O)N[C@@H](c2ccc(OC)c([N+](=O)[O-])c2)N3)C1. The fourth-order valence-corrected chi connectivity index (χ4v) is 4.97. The second-order valence-electron chi connectivity index (χ2n) is 6.82. The summed E-state index contributed by atoms with van der Waals surface area (Å²) >= 11 is 1.42. The molecule has 2 aliphatic rings. The second kappa shape index (κ2) is 7.82. The highest BCUT2D eigenvalue weighted by Crippen LogP contribution is 2.41. The van der Waals surface area contributed by atoms with Crippen LogP contribution in [0.4, 0.5) is 15.5 Å². The van der Waals surface area contributed by atoms with Crippen LogP contribution in [0.1, 0.15) is 39.5 Å². The number of nitro groups is 1. The lowest BCUT2D eigenvalue weighted by Gasteiger charge is -2.28. The van der Waals surface area contributed by atoms with Crippen molar-refractivity contribution >= 4 is 34.0 Å². The molecule has 3 heterocycles. The van der Waals surface area contributed by atoms with Gasteiger partial charge < -0.3 is 25.0 Å². The van der Waals surface area contributed by atoms with Gasteiger partial charge in [-0.3, -0.25) is 14.9 Å². The van der Waals surface area contributed by atoms with E-state index in [2.05, 4.69) is 10.6 Å². The molecule has 0 saturated heterocycles. The third-order valence-corrected chi connectivity index (χ3v) is 6.24. The van der Waals surface area contributed by atoms with Crippen LogP contribution in [0.3, 0.4) is 0 Å². The van der Waals surface area contributed by atoms with Crippen molar-refractivity contribution in [3.63, 3.8) is 0 Å². The standard InChI is InChI=1S/C19H20N4O6S/c1-3-29-19(25)22-7-6-11-14(9-22)30-18-15(11)17(24)20-16(21-18)10-4-5-13(28-2)12(8-10)23(26)27/h4-5,8,16,21H,3,6-7,9H2,1-2H3,(H,20,24)/t16-/m1/s1. The Labute approximate surface area is 175 Å². The zero-order chi connectivity index (χ0) is 21.4. The molecule has 2 aromatic rings. The van der Waals surface area contributed by atoms with E-state index in [9.17, 15) is 19.7 Å². The monoisotopic (exact) mass is 432 g/mol. The summed E-state index contributed by atoms with van der Waals surface area (Å²) in [6.45, 7) is 2.94. The molecule has 2 aliphatic heterocycles. The number of fused-ring (bicyclic) bond motifs is 3. The molecule has 0 aliphatic carbocycles. The predicted molar refractivity (Wildman–Crippen MR) is 109 cm³/mol. The number of ether oxygens (including phenoxy) is 2. The highest BCUT2D eigenvalue weighted by atomic mass is 32.1. The Balaban J connectivity index is 1.61. The molecule has 0 fully saturated rings. The quantitative estimate of drug-likeness (QED) is 0.562. The molecule has 0 bridgehead atoms. The van der Waals surface area contributed by atoms with Gasteiger partial charge in [0.1, 0.15) is 11.2 Å². The zero-order valence-electron chi connectivity index (χ0n) is 16.4. The lowest BCUT2D eigenvalue weighted by molar-refractivity contribution is -0.385. The molecule has 0 unspecified atom stereocenters. The normalized spacial score (nSPS) is 17.3. The Hall–Kier alpha value is -3.34. The van der Waals surface area contributed by atoms with Crippen molar-refractivity contribution < 1.29 is 24.0 Å². The molecular formula is C19H20N4O6S. The number of hydrogen-bond donors (Lipinski definition) is 2. The Kier molecular flexibility index (Phi) is 5.20. The van der Waals surface area contributed by atoms with E-state index in [4.69, 9.17) is 9.47 Å². The molecule has 1 aromatic carbocycles. The van der Waals surface area contributed by atoms with E-state index < -0.39 is 11.1 Å². The first-order valence-corrected chi connectivity index (χ1v) is 10.2. The Morgan fingerprint density at radius 3 is 2.90 bits per heavy atom. The van der Waals surface area contributed by atoms with E-state index in [0.717, 1.165) is 10.4 Å². The van der Waals surface area contributed by atoms with Crippen molar-refractivity contribution in [1.82, 2.24) is 10.2 Å². The molecule has 4 rings (SSSR count). The minimum atomic E-state index is -0.615. The van der Waals surface area contributed by atoms with Gasteiger partial charge in [-0.15, -0.1) is 11.3 Å². The minimum absolute atomic E-state index is 0.150. The number of benzene rings is 1.